The molecule has 10 nitrogen and oxygen atoms in total. The van der Waals surface area contributed by atoms with Crippen molar-refractivity contribution in [1.29, 1.82) is 0 Å². The van der Waals surface area contributed by atoms with E-state index in [1.54, 1.807) is 0 Å². The first-order valence-electron chi connectivity index (χ1n) is 10.5. The molecule has 0 saturated heterocycles. The summed E-state index contributed by atoms with van der Waals surface area (Å²) in [6, 6.07) is 20.6. The van der Waals surface area contributed by atoms with Crippen molar-refractivity contribution in [2.45, 2.75) is 14.9 Å². The van der Waals surface area contributed by atoms with E-state index in [1.165, 1.54) is 0 Å². The van der Waals surface area contributed by atoms with E-state index in [-0.39, 0.29) is 16.5 Å². The van der Waals surface area contributed by atoms with E-state index >= 15 is 0 Å². The number of sulfonamides is 2. The average molecular weight is 578 g/mol. The number of para-hydroxylation sites is 1. The number of nitrogens with two attached hydrogens (primary N) is 2. The number of primary sulfonamides is 2. The van der Waals surface area contributed by atoms with Crippen LogP contribution in [0.15, 0.2) is 93.9 Å². The Morgan fingerprint density at radius 1 is 0.919 bits per heavy atom. The fourth-order valence-electron chi connectivity index (χ4n) is 3.39. The van der Waals surface area contributed by atoms with Crippen LogP contribution in [0.4, 0.5) is 5.69 Å². The highest BCUT2D eigenvalue weighted by Crippen LogP contribution is 2.31. The van der Waals surface area contributed by atoms with Gasteiger partial charge in [0.05, 0.1) is 22.2 Å². The van der Waals surface area contributed by atoms with Crippen molar-refractivity contribution < 1.29 is 21.6 Å². The third kappa shape index (κ3) is 6.39. The molecule has 0 spiro atoms. The predicted octanol–water partition coefficient (Wildman–Crippen LogP) is 3.22. The number of nitrogens with zero attached hydrogens (tertiary/aromatic N) is 2. The van der Waals surface area contributed by atoms with Crippen LogP contribution in [-0.4, -0.2) is 38.0 Å². The Bertz CT molecular complexity index is 1680. The smallest absolute Gasteiger partial charge is 0.240 e. The first-order chi connectivity index (χ1) is 17.4. The van der Waals surface area contributed by atoms with Crippen LogP contribution in [0.3, 0.4) is 0 Å². The zero-order valence-electron chi connectivity index (χ0n) is 18.9. The number of rotatable bonds is 8. The molecule has 0 aliphatic rings. The number of carbonyl (C=O) groups excluding carboxylic acids is 1. The lowest BCUT2D eigenvalue weighted by Gasteiger charge is -2.13. The molecule has 0 aliphatic heterocycles. The molecule has 1 aromatic heterocycles. The molecular formula is C23H20ClN5O5S3. The van der Waals surface area contributed by atoms with Gasteiger partial charge in [-0.1, -0.05) is 71.9 Å². The molecule has 0 radical (unpaired) electrons. The second-order valence-electron chi connectivity index (χ2n) is 7.69. The standard InChI is InChI=1S/C23H20ClN5O5S3/c24-17-11-18(21(37(26,33)34)12-20(17)36(25,31)32)27-22(30)14-35-23-28-19(15-7-3-1-4-8-15)13-29(23)16-9-5-2-6-10-16/h1-13H,14H2,(H,27,30)(H2,25,31,32)(H2,26,33,34). The van der Waals surface area contributed by atoms with Gasteiger partial charge in [-0.25, -0.2) is 32.1 Å². The van der Waals surface area contributed by atoms with Gasteiger partial charge in [0.15, 0.2) is 5.16 Å². The van der Waals surface area contributed by atoms with Crippen molar-refractivity contribution >= 4 is 55.0 Å². The Hall–Kier alpha value is -3.20. The molecule has 0 fully saturated rings. The number of hydrogen-bond acceptors (Lipinski definition) is 7. The Balaban J connectivity index is 1.61. The number of nitrogens with one attached hydrogen (secondary N) is 1. The number of thioether (sulfide) groups is 1. The van der Waals surface area contributed by atoms with Crippen molar-refractivity contribution in [3.05, 3.63) is 84.0 Å². The Labute approximate surface area is 222 Å². The normalized spacial score (nSPS) is 11.9. The number of halogens is 1. The molecule has 0 bridgehead atoms. The minimum absolute atomic E-state index is 0.156. The maximum Gasteiger partial charge on any atom is 0.240 e. The summed E-state index contributed by atoms with van der Waals surface area (Å²) < 4.78 is 49.5. The summed E-state index contributed by atoms with van der Waals surface area (Å²) in [5, 5.41) is 12.9. The van der Waals surface area contributed by atoms with Gasteiger partial charge in [0, 0.05) is 17.4 Å². The highest BCUT2D eigenvalue weighted by Gasteiger charge is 2.23. The van der Waals surface area contributed by atoms with Crippen LogP contribution in [0.5, 0.6) is 0 Å². The van der Waals surface area contributed by atoms with Crippen molar-refractivity contribution in [1.82, 2.24) is 9.55 Å². The van der Waals surface area contributed by atoms with E-state index in [9.17, 15) is 21.6 Å². The molecule has 14 heteroatoms. The van der Waals surface area contributed by atoms with Crippen LogP contribution in [0.1, 0.15) is 0 Å². The van der Waals surface area contributed by atoms with Gasteiger partial charge in [0.2, 0.25) is 26.0 Å². The molecule has 4 rings (SSSR count). The second kappa shape index (κ2) is 10.7. The Kier molecular flexibility index (Phi) is 7.73. The Morgan fingerprint density at radius 2 is 1.51 bits per heavy atom. The van der Waals surface area contributed by atoms with Gasteiger partial charge < -0.3 is 5.32 Å². The number of aromatic nitrogens is 2. The van der Waals surface area contributed by atoms with Crippen LogP contribution < -0.4 is 15.6 Å². The highest BCUT2D eigenvalue weighted by molar-refractivity contribution is 7.99. The number of hydrogen-bond donors (Lipinski definition) is 3. The summed E-state index contributed by atoms with van der Waals surface area (Å²) in [5.41, 5.74) is 2.16. The lowest BCUT2D eigenvalue weighted by Crippen LogP contribution is -2.21. The van der Waals surface area contributed by atoms with Crippen LogP contribution in [0.2, 0.25) is 5.02 Å². The molecule has 192 valence electrons. The van der Waals surface area contributed by atoms with Crippen LogP contribution >= 0.6 is 23.4 Å². The SMILES string of the molecule is NS(=O)(=O)c1cc(S(N)(=O)=O)c(NC(=O)CSc2nc(-c3ccccc3)cn2-c2ccccc2)cc1Cl. The maximum absolute atomic E-state index is 12.8. The first-order valence-corrected chi connectivity index (χ1v) is 14.9. The van der Waals surface area contributed by atoms with Gasteiger partial charge in [-0.3, -0.25) is 9.36 Å². The van der Waals surface area contributed by atoms with Crippen LogP contribution in [-0.2, 0) is 24.8 Å². The summed E-state index contributed by atoms with van der Waals surface area (Å²) in [7, 11) is -8.77. The van der Waals surface area contributed by atoms with Crippen molar-refractivity contribution in [2.75, 3.05) is 11.1 Å². The van der Waals surface area contributed by atoms with E-state index in [4.69, 9.17) is 21.9 Å². The zero-order chi connectivity index (χ0) is 26.8. The van der Waals surface area contributed by atoms with Gasteiger partial charge in [-0.15, -0.1) is 0 Å². The van der Waals surface area contributed by atoms with Crippen LogP contribution in [0.25, 0.3) is 16.9 Å². The summed E-state index contributed by atoms with van der Waals surface area (Å²) in [5.74, 6) is -0.755. The van der Waals surface area contributed by atoms with E-state index in [2.05, 4.69) is 10.3 Å². The molecule has 1 heterocycles. The van der Waals surface area contributed by atoms with Crippen molar-refractivity contribution in [3.63, 3.8) is 0 Å². The molecule has 5 N–H and O–H groups in total. The topological polar surface area (TPSA) is 167 Å². The molecule has 0 aliphatic carbocycles. The molecule has 0 saturated carbocycles. The van der Waals surface area contributed by atoms with Gasteiger partial charge in [-0.2, -0.15) is 0 Å². The summed E-state index contributed by atoms with van der Waals surface area (Å²) >= 11 is 7.10. The average Bonchev–Trinajstić information content (AvgIpc) is 3.27. The number of anilines is 1. The van der Waals surface area contributed by atoms with Crippen molar-refractivity contribution in [3.8, 4) is 16.9 Å². The fourth-order valence-corrected chi connectivity index (χ4v) is 6.05. The number of carbonyl (C=O) groups is 1. The quantitative estimate of drug-likeness (QED) is 0.270. The Morgan fingerprint density at radius 3 is 2.11 bits per heavy atom. The molecular weight excluding hydrogens is 558 g/mol. The highest BCUT2D eigenvalue weighted by atomic mass is 35.5. The third-order valence-electron chi connectivity index (χ3n) is 5.03. The molecule has 3 aromatic carbocycles. The van der Waals surface area contributed by atoms with Gasteiger partial charge in [0.1, 0.15) is 9.79 Å². The van der Waals surface area contributed by atoms with Gasteiger partial charge in [0.25, 0.3) is 0 Å². The fraction of sp³-hybridized carbons (Fsp3) is 0.0435. The zero-order valence-corrected chi connectivity index (χ0v) is 22.1. The van der Waals surface area contributed by atoms with E-state index in [1.807, 2.05) is 71.4 Å². The summed E-state index contributed by atoms with van der Waals surface area (Å²) in [4.78, 5) is 16.2. The van der Waals surface area contributed by atoms with E-state index in [0.29, 0.717) is 16.9 Å². The summed E-state index contributed by atoms with van der Waals surface area (Å²) in [6.07, 6.45) is 1.86. The van der Waals surface area contributed by atoms with E-state index in [0.717, 1.165) is 29.1 Å². The van der Waals surface area contributed by atoms with Crippen molar-refractivity contribution in [2.24, 2.45) is 10.3 Å². The minimum atomic E-state index is -4.43. The molecule has 0 atom stereocenters. The lowest BCUT2D eigenvalue weighted by molar-refractivity contribution is -0.113. The van der Waals surface area contributed by atoms with Crippen LogP contribution in [0, 0.1) is 0 Å². The van der Waals surface area contributed by atoms with Gasteiger partial charge in [-0.05, 0) is 24.3 Å². The summed E-state index contributed by atoms with van der Waals surface area (Å²) in [6.45, 7) is 0. The number of benzene rings is 3. The predicted molar refractivity (Wildman–Crippen MR) is 143 cm³/mol. The molecule has 0 unspecified atom stereocenters. The molecule has 4 aromatic rings. The van der Waals surface area contributed by atoms with Gasteiger partial charge >= 0.3 is 0 Å². The second-order valence-corrected chi connectivity index (χ2v) is 12.1. The maximum atomic E-state index is 12.8. The largest absolute Gasteiger partial charge is 0.324 e. The first kappa shape index (κ1) is 26.9. The minimum Gasteiger partial charge on any atom is -0.324 e. The van der Waals surface area contributed by atoms with E-state index < -0.39 is 35.7 Å². The number of amides is 1. The monoisotopic (exact) mass is 577 g/mol. The molecule has 1 amide bonds. The number of imidazole rings is 1. The third-order valence-corrected chi connectivity index (χ3v) is 8.31. The lowest BCUT2D eigenvalue weighted by atomic mass is 10.2. The molecule has 37 heavy (non-hydrogen) atoms.